The van der Waals surface area contributed by atoms with Crippen LogP contribution in [0.4, 0.5) is 0 Å². The maximum Gasteiger partial charge on any atom is 0.119 e. The molecule has 0 bridgehead atoms. The van der Waals surface area contributed by atoms with Gasteiger partial charge in [-0.05, 0) is 24.1 Å². The summed E-state index contributed by atoms with van der Waals surface area (Å²) in [5.74, 6) is 0.869. The van der Waals surface area contributed by atoms with E-state index in [-0.39, 0.29) is 6.10 Å². The third-order valence-corrected chi connectivity index (χ3v) is 2.25. The van der Waals surface area contributed by atoms with Gasteiger partial charge in [0.15, 0.2) is 0 Å². The van der Waals surface area contributed by atoms with Gasteiger partial charge in [0.05, 0.1) is 19.8 Å². The van der Waals surface area contributed by atoms with E-state index in [1.54, 1.807) is 13.2 Å². The van der Waals surface area contributed by atoms with Gasteiger partial charge in [-0.15, -0.1) is 6.58 Å². The Labute approximate surface area is 91.5 Å². The topological polar surface area (TPSA) is 18.5 Å². The molecule has 2 heteroatoms. The normalized spacial score (nSPS) is 12.1. The van der Waals surface area contributed by atoms with Crippen molar-refractivity contribution in [3.05, 3.63) is 42.5 Å². The first kappa shape index (κ1) is 11.8. The van der Waals surface area contributed by atoms with Crippen LogP contribution < -0.4 is 4.74 Å². The molecular weight excluding hydrogens is 188 g/mol. The zero-order valence-corrected chi connectivity index (χ0v) is 9.40. The predicted octanol–water partition coefficient (Wildman–Crippen LogP) is 3.35. The molecule has 0 aromatic heterocycles. The number of hydrogen-bond donors (Lipinski definition) is 0. The second-order valence-electron chi connectivity index (χ2n) is 3.30. The number of ether oxygens (including phenoxy) is 2. The molecule has 0 amide bonds. The fourth-order valence-corrected chi connectivity index (χ4v) is 1.48. The van der Waals surface area contributed by atoms with E-state index in [1.807, 2.05) is 18.2 Å². The minimum atomic E-state index is 0.123. The number of hydrogen-bond acceptors (Lipinski definition) is 2. The first-order chi connectivity index (χ1) is 7.31. The van der Waals surface area contributed by atoms with Crippen LogP contribution in [0.2, 0.25) is 0 Å². The van der Waals surface area contributed by atoms with Crippen LogP contribution in [0.25, 0.3) is 0 Å². The standard InChI is InChI=1S/C13H18O2/c1-4-9-15-13(5-2)11-7-6-8-12(10-11)14-3/h4,6-8,10,13H,1,5,9H2,2-3H3. The largest absolute Gasteiger partial charge is 0.497 e. The molecule has 0 N–H and O–H groups in total. The zero-order valence-electron chi connectivity index (χ0n) is 9.40. The molecule has 0 aliphatic carbocycles. The van der Waals surface area contributed by atoms with Crippen LogP contribution in [0.15, 0.2) is 36.9 Å². The fraction of sp³-hybridized carbons (Fsp3) is 0.385. The Balaban J connectivity index is 2.76. The lowest BCUT2D eigenvalue weighted by molar-refractivity contribution is 0.0712. The van der Waals surface area contributed by atoms with Gasteiger partial charge in [-0.1, -0.05) is 25.1 Å². The van der Waals surface area contributed by atoms with Gasteiger partial charge in [0.2, 0.25) is 0 Å². The van der Waals surface area contributed by atoms with E-state index in [9.17, 15) is 0 Å². The van der Waals surface area contributed by atoms with Crippen molar-refractivity contribution in [1.82, 2.24) is 0 Å². The van der Waals surface area contributed by atoms with Crippen LogP contribution in [0, 0.1) is 0 Å². The minimum absolute atomic E-state index is 0.123. The molecule has 0 heterocycles. The molecule has 0 fully saturated rings. The molecule has 1 aromatic rings. The highest BCUT2D eigenvalue weighted by molar-refractivity contribution is 5.29. The fourth-order valence-electron chi connectivity index (χ4n) is 1.48. The van der Waals surface area contributed by atoms with Crippen LogP contribution >= 0.6 is 0 Å². The Morgan fingerprint density at radius 3 is 2.87 bits per heavy atom. The summed E-state index contributed by atoms with van der Waals surface area (Å²) in [5.41, 5.74) is 1.15. The number of rotatable bonds is 6. The van der Waals surface area contributed by atoms with Crippen molar-refractivity contribution in [2.24, 2.45) is 0 Å². The molecular formula is C13H18O2. The highest BCUT2D eigenvalue weighted by Crippen LogP contribution is 2.24. The second kappa shape index (κ2) is 6.25. The van der Waals surface area contributed by atoms with Gasteiger partial charge in [0.25, 0.3) is 0 Å². The first-order valence-electron chi connectivity index (χ1n) is 5.18. The van der Waals surface area contributed by atoms with Gasteiger partial charge in [-0.3, -0.25) is 0 Å². The third-order valence-electron chi connectivity index (χ3n) is 2.25. The summed E-state index contributed by atoms with van der Waals surface area (Å²) in [6.07, 6.45) is 2.84. The third kappa shape index (κ3) is 3.40. The summed E-state index contributed by atoms with van der Waals surface area (Å²) in [5, 5.41) is 0. The quantitative estimate of drug-likeness (QED) is 0.664. The van der Waals surface area contributed by atoms with E-state index in [0.29, 0.717) is 6.61 Å². The van der Waals surface area contributed by atoms with Crippen molar-refractivity contribution in [2.75, 3.05) is 13.7 Å². The Hall–Kier alpha value is -1.28. The van der Waals surface area contributed by atoms with E-state index in [0.717, 1.165) is 17.7 Å². The average molecular weight is 206 g/mol. The first-order valence-corrected chi connectivity index (χ1v) is 5.18. The molecule has 0 radical (unpaired) electrons. The predicted molar refractivity (Wildman–Crippen MR) is 62.2 cm³/mol. The Morgan fingerprint density at radius 1 is 1.47 bits per heavy atom. The average Bonchev–Trinajstić information content (AvgIpc) is 2.30. The van der Waals surface area contributed by atoms with E-state index < -0.39 is 0 Å². The smallest absolute Gasteiger partial charge is 0.119 e. The summed E-state index contributed by atoms with van der Waals surface area (Å²) < 4.78 is 10.8. The lowest BCUT2D eigenvalue weighted by atomic mass is 10.1. The number of benzene rings is 1. The molecule has 1 unspecified atom stereocenters. The molecule has 0 aliphatic heterocycles. The van der Waals surface area contributed by atoms with Gasteiger partial charge < -0.3 is 9.47 Å². The van der Waals surface area contributed by atoms with Crippen LogP contribution in [0.5, 0.6) is 5.75 Å². The highest BCUT2D eigenvalue weighted by atomic mass is 16.5. The van der Waals surface area contributed by atoms with Crippen molar-refractivity contribution in [1.29, 1.82) is 0 Å². The Kier molecular flexibility index (Phi) is 4.91. The second-order valence-corrected chi connectivity index (χ2v) is 3.30. The van der Waals surface area contributed by atoms with E-state index >= 15 is 0 Å². The summed E-state index contributed by atoms with van der Waals surface area (Å²) in [6.45, 7) is 6.33. The molecule has 1 atom stereocenters. The molecule has 2 nitrogen and oxygen atoms in total. The minimum Gasteiger partial charge on any atom is -0.497 e. The van der Waals surface area contributed by atoms with Crippen LogP contribution in [-0.2, 0) is 4.74 Å². The van der Waals surface area contributed by atoms with Gasteiger partial charge in [0, 0.05) is 0 Å². The molecule has 1 aromatic carbocycles. The van der Waals surface area contributed by atoms with Crippen molar-refractivity contribution >= 4 is 0 Å². The van der Waals surface area contributed by atoms with Gasteiger partial charge in [-0.25, -0.2) is 0 Å². The molecule has 0 aliphatic rings. The van der Waals surface area contributed by atoms with Crippen molar-refractivity contribution < 1.29 is 9.47 Å². The van der Waals surface area contributed by atoms with Crippen molar-refractivity contribution in [3.63, 3.8) is 0 Å². The Morgan fingerprint density at radius 2 is 2.27 bits per heavy atom. The Bertz CT molecular complexity index is 307. The van der Waals surface area contributed by atoms with Crippen molar-refractivity contribution in [2.45, 2.75) is 19.4 Å². The molecule has 15 heavy (non-hydrogen) atoms. The molecule has 1 rings (SSSR count). The van der Waals surface area contributed by atoms with Crippen LogP contribution in [0.3, 0.4) is 0 Å². The van der Waals surface area contributed by atoms with Gasteiger partial charge >= 0.3 is 0 Å². The van der Waals surface area contributed by atoms with E-state index in [2.05, 4.69) is 19.6 Å². The van der Waals surface area contributed by atoms with E-state index in [1.165, 1.54) is 0 Å². The van der Waals surface area contributed by atoms with Crippen LogP contribution in [-0.4, -0.2) is 13.7 Å². The van der Waals surface area contributed by atoms with Crippen molar-refractivity contribution in [3.8, 4) is 5.75 Å². The summed E-state index contributed by atoms with van der Waals surface area (Å²) in [6, 6.07) is 7.98. The summed E-state index contributed by atoms with van der Waals surface area (Å²) >= 11 is 0. The molecule has 82 valence electrons. The van der Waals surface area contributed by atoms with Gasteiger partial charge in [0.1, 0.15) is 5.75 Å². The molecule has 0 spiro atoms. The summed E-state index contributed by atoms with van der Waals surface area (Å²) in [7, 11) is 1.67. The zero-order chi connectivity index (χ0) is 11.1. The van der Waals surface area contributed by atoms with E-state index in [4.69, 9.17) is 9.47 Å². The monoisotopic (exact) mass is 206 g/mol. The number of methoxy groups -OCH3 is 1. The molecule has 0 saturated heterocycles. The SMILES string of the molecule is C=CCOC(CC)c1cccc(OC)c1. The summed E-state index contributed by atoms with van der Waals surface area (Å²) in [4.78, 5) is 0. The van der Waals surface area contributed by atoms with Gasteiger partial charge in [-0.2, -0.15) is 0 Å². The maximum absolute atomic E-state index is 5.65. The highest BCUT2D eigenvalue weighted by Gasteiger charge is 2.09. The maximum atomic E-state index is 5.65. The molecule has 0 saturated carbocycles. The van der Waals surface area contributed by atoms with Crippen LogP contribution in [0.1, 0.15) is 25.0 Å². The lowest BCUT2D eigenvalue weighted by Crippen LogP contribution is -2.03. The lowest BCUT2D eigenvalue weighted by Gasteiger charge is -2.16.